The number of carbonyl (C=O) groups is 2. The lowest BCUT2D eigenvalue weighted by molar-refractivity contribution is -0.128. The minimum absolute atomic E-state index is 0.0181. The van der Waals surface area contributed by atoms with Gasteiger partial charge in [-0.1, -0.05) is 95.4 Å². The summed E-state index contributed by atoms with van der Waals surface area (Å²) in [5, 5.41) is 28.8. The van der Waals surface area contributed by atoms with Crippen LogP contribution in [0.5, 0.6) is 5.75 Å². The topological polar surface area (TPSA) is 108 Å². The Balaban J connectivity index is 0.000000211. The second kappa shape index (κ2) is 19.7. The molecule has 2 aliphatic rings. The van der Waals surface area contributed by atoms with Crippen molar-refractivity contribution in [2.24, 2.45) is 0 Å². The quantitative estimate of drug-likeness (QED) is 0.143. The van der Waals surface area contributed by atoms with E-state index in [2.05, 4.69) is 34.3 Å². The summed E-state index contributed by atoms with van der Waals surface area (Å²) in [6.45, 7) is 1.72. The molecule has 2 amide bonds. The van der Waals surface area contributed by atoms with Crippen LogP contribution in [0.15, 0.2) is 103 Å². The van der Waals surface area contributed by atoms with Crippen molar-refractivity contribution >= 4 is 35.0 Å². The van der Waals surface area contributed by atoms with Gasteiger partial charge in [-0.25, -0.2) is 4.39 Å². The van der Waals surface area contributed by atoms with Crippen LogP contribution in [0.1, 0.15) is 75.0 Å². The highest BCUT2D eigenvalue weighted by molar-refractivity contribution is 6.31. The van der Waals surface area contributed by atoms with Crippen LogP contribution in [0.2, 0.25) is 10.0 Å². The Morgan fingerprint density at radius 1 is 0.782 bits per heavy atom. The summed E-state index contributed by atoms with van der Waals surface area (Å²) in [6.07, 6.45) is 4.38. The smallest absolute Gasteiger partial charge is 0.260 e. The summed E-state index contributed by atoms with van der Waals surface area (Å²) in [6, 6.07) is 29.5. The van der Waals surface area contributed by atoms with Crippen molar-refractivity contribution in [1.29, 1.82) is 0 Å². The average Bonchev–Trinajstić information content (AvgIpc) is 3.15. The molecule has 0 bridgehead atoms. The maximum Gasteiger partial charge on any atom is 0.260 e. The van der Waals surface area contributed by atoms with Gasteiger partial charge >= 0.3 is 0 Å². The van der Waals surface area contributed by atoms with Crippen LogP contribution < -0.4 is 15.4 Å². The Morgan fingerprint density at radius 3 is 1.85 bits per heavy atom. The van der Waals surface area contributed by atoms with E-state index in [1.54, 1.807) is 49.4 Å². The number of hydrogen-bond acceptors (Lipinski definition) is 5. The number of aliphatic hydroxyl groups is 2. The van der Waals surface area contributed by atoms with Gasteiger partial charge in [0.05, 0.1) is 6.42 Å². The van der Waals surface area contributed by atoms with Gasteiger partial charge in [-0.2, -0.15) is 0 Å². The van der Waals surface area contributed by atoms with Gasteiger partial charge in [0.2, 0.25) is 5.91 Å². The number of amides is 2. The zero-order valence-corrected chi connectivity index (χ0v) is 32.2. The summed E-state index contributed by atoms with van der Waals surface area (Å²) in [5.74, 6) is 11.7. The summed E-state index contributed by atoms with van der Waals surface area (Å²) in [4.78, 5) is 24.7. The van der Waals surface area contributed by atoms with Gasteiger partial charge < -0.3 is 25.6 Å². The second-order valence-corrected chi connectivity index (χ2v) is 15.0. The number of nitrogens with one attached hydrogen (secondary N) is 2. The van der Waals surface area contributed by atoms with Gasteiger partial charge in [0.15, 0.2) is 6.10 Å². The molecule has 0 radical (unpaired) electrons. The highest BCUT2D eigenvalue weighted by Crippen LogP contribution is 2.29. The lowest BCUT2D eigenvalue weighted by Crippen LogP contribution is -2.48. The van der Waals surface area contributed by atoms with E-state index in [1.807, 2.05) is 54.6 Å². The van der Waals surface area contributed by atoms with Gasteiger partial charge in [-0.3, -0.25) is 9.59 Å². The predicted molar refractivity (Wildman–Crippen MR) is 214 cm³/mol. The van der Waals surface area contributed by atoms with E-state index >= 15 is 0 Å². The van der Waals surface area contributed by atoms with Gasteiger partial charge in [-0.05, 0) is 106 Å². The number of benzene rings is 4. The molecular formula is C45H45Cl2FN2O5. The molecule has 4 aromatic carbocycles. The summed E-state index contributed by atoms with van der Waals surface area (Å²) >= 11 is 11.9. The maximum absolute atomic E-state index is 13.7. The molecule has 10 heteroatoms. The molecule has 0 aromatic heterocycles. The SMILES string of the molecule is CC(Oc1ccccc1)C(=O)N[C@H]1CCC[C@@](O)(C#Cc2cccc(Cl)c2)C1.O=C(Cc1ccccc1F)N[C@H]1CCC[C@@](O)(C#Cc2cccc(Cl)c2)C1. The highest BCUT2D eigenvalue weighted by Gasteiger charge is 2.35. The first kappa shape index (κ1) is 41.3. The Hall–Kier alpha value is -4.83. The van der Waals surface area contributed by atoms with Crippen LogP contribution >= 0.6 is 23.2 Å². The normalized spacial score (nSPS) is 22.1. The lowest BCUT2D eigenvalue weighted by Gasteiger charge is -2.34. The Bertz CT molecular complexity index is 2060. The van der Waals surface area contributed by atoms with E-state index in [4.69, 9.17) is 27.9 Å². The lowest BCUT2D eigenvalue weighted by atomic mass is 9.82. The molecular weight excluding hydrogens is 738 g/mol. The first-order chi connectivity index (χ1) is 26.4. The first-order valence-corrected chi connectivity index (χ1v) is 19.2. The number of ether oxygens (including phenoxy) is 1. The number of hydrogen-bond donors (Lipinski definition) is 4. The van der Waals surface area contributed by atoms with E-state index < -0.39 is 17.3 Å². The molecule has 0 heterocycles. The van der Waals surface area contributed by atoms with Crippen LogP contribution in [-0.4, -0.2) is 51.4 Å². The molecule has 0 saturated heterocycles. The van der Waals surface area contributed by atoms with E-state index in [0.29, 0.717) is 47.0 Å². The van der Waals surface area contributed by atoms with Gasteiger partial charge in [0.25, 0.3) is 5.91 Å². The van der Waals surface area contributed by atoms with Crippen molar-refractivity contribution in [2.45, 2.75) is 94.1 Å². The maximum atomic E-state index is 13.7. The molecule has 2 fully saturated rings. The molecule has 55 heavy (non-hydrogen) atoms. The van der Waals surface area contributed by atoms with Crippen molar-refractivity contribution in [3.63, 3.8) is 0 Å². The molecule has 6 rings (SSSR count). The van der Waals surface area contributed by atoms with E-state index in [0.717, 1.165) is 36.8 Å². The Kier molecular flexibility index (Phi) is 14.8. The van der Waals surface area contributed by atoms with Crippen LogP contribution in [0.25, 0.3) is 0 Å². The van der Waals surface area contributed by atoms with Gasteiger partial charge in [-0.15, -0.1) is 0 Å². The number of rotatable bonds is 7. The molecule has 2 aliphatic carbocycles. The molecule has 2 saturated carbocycles. The van der Waals surface area contributed by atoms with Gasteiger partial charge in [0.1, 0.15) is 22.8 Å². The zero-order valence-electron chi connectivity index (χ0n) is 30.7. The number of carbonyl (C=O) groups excluding carboxylic acids is 2. The molecule has 4 aromatic rings. The van der Waals surface area contributed by atoms with Crippen molar-refractivity contribution in [2.75, 3.05) is 0 Å². The summed E-state index contributed by atoms with van der Waals surface area (Å²) < 4.78 is 19.4. The van der Waals surface area contributed by atoms with Crippen LogP contribution in [-0.2, 0) is 16.0 Å². The fourth-order valence-electron chi connectivity index (χ4n) is 6.66. The van der Waals surface area contributed by atoms with Crippen molar-refractivity contribution in [3.8, 4) is 29.4 Å². The summed E-state index contributed by atoms with van der Waals surface area (Å²) in [5.41, 5.74) is -0.418. The third kappa shape index (κ3) is 13.5. The summed E-state index contributed by atoms with van der Waals surface area (Å²) in [7, 11) is 0. The monoisotopic (exact) mass is 782 g/mol. The van der Waals surface area contributed by atoms with Crippen molar-refractivity contribution < 1.29 is 28.9 Å². The highest BCUT2D eigenvalue weighted by atomic mass is 35.5. The van der Waals surface area contributed by atoms with E-state index in [-0.39, 0.29) is 36.1 Å². The molecule has 1 unspecified atom stereocenters. The van der Waals surface area contributed by atoms with Crippen molar-refractivity contribution in [3.05, 3.63) is 136 Å². The molecule has 5 atom stereocenters. The molecule has 0 spiro atoms. The first-order valence-electron chi connectivity index (χ1n) is 18.4. The zero-order chi connectivity index (χ0) is 39.3. The van der Waals surface area contributed by atoms with Crippen LogP contribution in [0, 0.1) is 29.5 Å². The fraction of sp³-hybridized carbons (Fsp3) is 0.333. The average molecular weight is 784 g/mol. The number of para-hydroxylation sites is 1. The van der Waals surface area contributed by atoms with Crippen LogP contribution in [0.4, 0.5) is 4.39 Å². The molecule has 0 aliphatic heterocycles. The molecule has 4 N–H and O–H groups in total. The second-order valence-electron chi connectivity index (χ2n) is 14.1. The third-order valence-corrected chi connectivity index (χ3v) is 9.90. The van der Waals surface area contributed by atoms with Gasteiger partial charge in [0, 0.05) is 46.1 Å². The number of halogens is 3. The van der Waals surface area contributed by atoms with E-state index in [1.165, 1.54) is 6.07 Å². The Morgan fingerprint density at radius 2 is 1.31 bits per heavy atom. The van der Waals surface area contributed by atoms with Crippen LogP contribution in [0.3, 0.4) is 0 Å². The Labute approximate surface area is 332 Å². The molecule has 286 valence electrons. The van der Waals surface area contributed by atoms with E-state index in [9.17, 15) is 24.2 Å². The predicted octanol–water partition coefficient (Wildman–Crippen LogP) is 7.81. The third-order valence-electron chi connectivity index (χ3n) is 9.43. The minimum Gasteiger partial charge on any atom is -0.481 e. The van der Waals surface area contributed by atoms with Crippen molar-refractivity contribution in [1.82, 2.24) is 10.6 Å². The standard InChI is InChI=1S/C23H24ClNO3.C22H21ClFNO2/c1-17(28-21-10-3-2-4-11-21)22(26)25-20-9-6-13-23(27,16-20)14-12-18-7-5-8-19(24)15-18;23-18-7-3-5-16(13-18)10-12-22(27)11-4-8-19(15-22)25-21(26)14-17-6-1-2-9-20(17)24/h2-5,7-8,10-11,15,17,20,27H,6,9,13,16H2,1H3,(H,25,26);1-3,5-7,9,13,19,27H,4,8,11,14-15H2,(H,25,26)/t17?,20-,23+;19-,22+/m00/s1. The molecule has 7 nitrogen and oxygen atoms in total. The minimum atomic E-state index is -1.16. The largest absolute Gasteiger partial charge is 0.481 e. The fourth-order valence-corrected chi connectivity index (χ4v) is 7.04.